The predicted molar refractivity (Wildman–Crippen MR) is 108 cm³/mol. The van der Waals surface area contributed by atoms with Crippen molar-refractivity contribution < 1.29 is 27.9 Å². The Morgan fingerprint density at radius 2 is 1.97 bits per heavy atom. The summed E-state index contributed by atoms with van der Waals surface area (Å²) in [5.74, 6) is -1.31. The number of rotatable bonds is 5. The number of halogens is 3. The van der Waals surface area contributed by atoms with Crippen LogP contribution in [0.1, 0.15) is 17.5 Å². The molecule has 1 saturated heterocycles. The number of imide groups is 1. The van der Waals surface area contributed by atoms with Crippen molar-refractivity contribution in [2.75, 3.05) is 11.9 Å². The van der Waals surface area contributed by atoms with E-state index in [-0.39, 0.29) is 16.5 Å². The fourth-order valence-electron chi connectivity index (χ4n) is 3.96. The monoisotopic (exact) mass is 449 g/mol. The molecule has 2 N–H and O–H groups in total. The van der Waals surface area contributed by atoms with E-state index in [4.69, 9.17) is 11.6 Å². The van der Waals surface area contributed by atoms with Crippen LogP contribution in [0.25, 0.3) is 0 Å². The van der Waals surface area contributed by atoms with Crippen LogP contribution in [0.5, 0.6) is 5.75 Å². The Morgan fingerprint density at radius 3 is 2.68 bits per heavy atom. The molecule has 1 spiro atoms. The number of fused-ring (bicyclic) bond motifs is 1. The van der Waals surface area contributed by atoms with E-state index in [0.717, 1.165) is 16.0 Å². The Balaban J connectivity index is 1.43. The molecule has 2 aromatic carbocycles. The van der Waals surface area contributed by atoms with Crippen LogP contribution in [0.3, 0.4) is 0 Å². The Bertz CT molecular complexity index is 1060. The number of alkyl halides is 2. The maximum Gasteiger partial charge on any atom is 0.387 e. The minimum absolute atomic E-state index is 0.118. The summed E-state index contributed by atoms with van der Waals surface area (Å²) in [5.41, 5.74) is 1.30. The van der Waals surface area contributed by atoms with Gasteiger partial charge in [-0.15, -0.1) is 0 Å². The molecule has 1 fully saturated rings. The number of hydrogen-bond acceptors (Lipinski definition) is 4. The van der Waals surface area contributed by atoms with Gasteiger partial charge in [0.2, 0.25) is 5.91 Å². The zero-order valence-electron chi connectivity index (χ0n) is 16.2. The van der Waals surface area contributed by atoms with Crippen LogP contribution in [-0.2, 0) is 22.4 Å². The quantitative estimate of drug-likeness (QED) is 0.685. The lowest BCUT2D eigenvalue weighted by atomic mass is 9.78. The molecule has 2 aromatic rings. The first-order valence-electron chi connectivity index (χ1n) is 9.52. The molecule has 0 bridgehead atoms. The van der Waals surface area contributed by atoms with Crippen LogP contribution in [-0.4, -0.2) is 41.4 Å². The van der Waals surface area contributed by atoms with Gasteiger partial charge in [-0.2, -0.15) is 8.78 Å². The summed E-state index contributed by atoms with van der Waals surface area (Å²) >= 11 is 5.87. The minimum Gasteiger partial charge on any atom is -0.433 e. The number of urea groups is 1. The van der Waals surface area contributed by atoms with Crippen molar-refractivity contribution in [3.63, 3.8) is 0 Å². The largest absolute Gasteiger partial charge is 0.433 e. The fraction of sp³-hybridized carbons (Fsp3) is 0.286. The first-order chi connectivity index (χ1) is 14.8. The normalized spacial score (nSPS) is 20.1. The van der Waals surface area contributed by atoms with E-state index in [1.807, 2.05) is 24.3 Å². The van der Waals surface area contributed by atoms with Gasteiger partial charge < -0.3 is 15.4 Å². The highest BCUT2D eigenvalue weighted by Gasteiger charge is 2.52. The molecule has 0 saturated carbocycles. The highest BCUT2D eigenvalue weighted by molar-refractivity contribution is 6.32. The molecule has 1 unspecified atom stereocenters. The van der Waals surface area contributed by atoms with Gasteiger partial charge in [-0.3, -0.25) is 14.5 Å². The number of benzene rings is 2. The zero-order valence-corrected chi connectivity index (χ0v) is 16.9. The third-order valence-corrected chi connectivity index (χ3v) is 5.71. The summed E-state index contributed by atoms with van der Waals surface area (Å²) in [6.07, 6.45) is 1.47. The van der Waals surface area contributed by atoms with Gasteiger partial charge in [0.1, 0.15) is 17.8 Å². The Kier molecular flexibility index (Phi) is 5.53. The number of nitrogens with one attached hydrogen (secondary N) is 2. The van der Waals surface area contributed by atoms with Gasteiger partial charge in [-0.05, 0) is 42.2 Å². The molecule has 1 aliphatic carbocycles. The molecular weight excluding hydrogens is 432 g/mol. The lowest BCUT2D eigenvalue weighted by Gasteiger charge is -2.32. The number of ether oxygens (including phenoxy) is 1. The molecule has 1 heterocycles. The van der Waals surface area contributed by atoms with Gasteiger partial charge in [0.05, 0.1) is 5.02 Å². The molecule has 0 aromatic heterocycles. The van der Waals surface area contributed by atoms with Crippen LogP contribution >= 0.6 is 11.6 Å². The van der Waals surface area contributed by atoms with E-state index in [1.54, 1.807) is 0 Å². The molecule has 4 amide bonds. The van der Waals surface area contributed by atoms with Gasteiger partial charge in [0, 0.05) is 12.1 Å². The van der Waals surface area contributed by atoms with Crippen molar-refractivity contribution in [1.29, 1.82) is 0 Å². The van der Waals surface area contributed by atoms with E-state index in [9.17, 15) is 23.2 Å². The molecule has 2 aliphatic rings. The van der Waals surface area contributed by atoms with Crippen molar-refractivity contribution in [1.82, 2.24) is 10.2 Å². The van der Waals surface area contributed by atoms with Gasteiger partial charge >= 0.3 is 12.6 Å². The summed E-state index contributed by atoms with van der Waals surface area (Å²) < 4.78 is 28.9. The number of anilines is 1. The molecule has 4 rings (SSSR count). The topological polar surface area (TPSA) is 87.7 Å². The SMILES string of the molecule is O=C(CN1C(=O)NC2(CCc3ccccc3C2)C1=O)Nc1ccc(OC(F)F)c(Cl)c1. The number of carbonyl (C=O) groups excluding carboxylic acids is 3. The lowest BCUT2D eigenvalue weighted by molar-refractivity contribution is -0.134. The Labute approximate surface area is 181 Å². The fourth-order valence-corrected chi connectivity index (χ4v) is 4.18. The van der Waals surface area contributed by atoms with E-state index in [0.29, 0.717) is 19.3 Å². The second-order valence-corrected chi connectivity index (χ2v) is 7.83. The lowest BCUT2D eigenvalue weighted by Crippen LogP contribution is -2.51. The van der Waals surface area contributed by atoms with Gasteiger partial charge in [0.15, 0.2) is 0 Å². The van der Waals surface area contributed by atoms with Crippen LogP contribution in [0.15, 0.2) is 42.5 Å². The average Bonchev–Trinajstić information content (AvgIpc) is 2.93. The van der Waals surface area contributed by atoms with E-state index in [2.05, 4.69) is 15.4 Å². The van der Waals surface area contributed by atoms with Gasteiger partial charge in [-0.1, -0.05) is 35.9 Å². The number of hydrogen-bond donors (Lipinski definition) is 2. The number of amides is 4. The molecule has 7 nitrogen and oxygen atoms in total. The van der Waals surface area contributed by atoms with E-state index >= 15 is 0 Å². The number of aryl methyl sites for hydroxylation is 1. The van der Waals surface area contributed by atoms with E-state index in [1.165, 1.54) is 18.2 Å². The van der Waals surface area contributed by atoms with Crippen LogP contribution in [0, 0.1) is 0 Å². The average molecular weight is 450 g/mol. The summed E-state index contributed by atoms with van der Waals surface area (Å²) in [6, 6.07) is 10.9. The molecule has 31 heavy (non-hydrogen) atoms. The molecule has 1 aliphatic heterocycles. The number of nitrogens with zero attached hydrogens (tertiary/aromatic N) is 1. The molecule has 162 valence electrons. The van der Waals surface area contributed by atoms with E-state index < -0.39 is 36.5 Å². The van der Waals surface area contributed by atoms with Crippen molar-refractivity contribution in [2.24, 2.45) is 0 Å². The highest BCUT2D eigenvalue weighted by Crippen LogP contribution is 2.34. The van der Waals surface area contributed by atoms with Crippen molar-refractivity contribution >= 4 is 35.1 Å². The second kappa shape index (κ2) is 8.14. The third-order valence-electron chi connectivity index (χ3n) is 5.41. The number of carbonyl (C=O) groups is 3. The van der Waals surface area contributed by atoms with Crippen LogP contribution in [0.2, 0.25) is 5.02 Å². The van der Waals surface area contributed by atoms with Crippen LogP contribution in [0.4, 0.5) is 19.3 Å². The maximum absolute atomic E-state index is 13.0. The van der Waals surface area contributed by atoms with Crippen molar-refractivity contribution in [3.05, 3.63) is 58.6 Å². The molecular formula is C21H18ClF2N3O4. The first kappa shape index (κ1) is 21.0. The zero-order chi connectivity index (χ0) is 22.2. The summed E-state index contributed by atoms with van der Waals surface area (Å²) in [6.45, 7) is -3.52. The Morgan fingerprint density at radius 1 is 1.23 bits per heavy atom. The molecule has 1 atom stereocenters. The van der Waals surface area contributed by atoms with Gasteiger partial charge in [0.25, 0.3) is 5.91 Å². The summed E-state index contributed by atoms with van der Waals surface area (Å²) in [4.78, 5) is 38.8. The minimum atomic E-state index is -3.03. The molecule has 0 radical (unpaired) electrons. The summed E-state index contributed by atoms with van der Waals surface area (Å²) in [7, 11) is 0. The Hall–Kier alpha value is -3.20. The second-order valence-electron chi connectivity index (χ2n) is 7.42. The van der Waals surface area contributed by atoms with Gasteiger partial charge in [-0.25, -0.2) is 4.79 Å². The third kappa shape index (κ3) is 4.18. The smallest absolute Gasteiger partial charge is 0.387 e. The highest BCUT2D eigenvalue weighted by atomic mass is 35.5. The first-order valence-corrected chi connectivity index (χ1v) is 9.90. The maximum atomic E-state index is 13.0. The van der Waals surface area contributed by atoms with Crippen molar-refractivity contribution in [2.45, 2.75) is 31.4 Å². The summed E-state index contributed by atoms with van der Waals surface area (Å²) in [5, 5.41) is 5.14. The molecule has 10 heteroatoms. The van der Waals surface area contributed by atoms with Crippen LogP contribution < -0.4 is 15.4 Å². The van der Waals surface area contributed by atoms with Crippen molar-refractivity contribution in [3.8, 4) is 5.75 Å². The predicted octanol–water partition coefficient (Wildman–Crippen LogP) is 3.36. The standard InChI is InChI=1S/C21H18ClF2N3O4/c22-15-9-14(5-6-16(15)31-19(23)24)25-17(28)11-27-18(29)21(26-20(27)30)8-7-12-3-1-2-4-13(12)10-21/h1-6,9,19H,7-8,10-11H2,(H,25,28)(H,26,30).